The van der Waals surface area contributed by atoms with E-state index in [1.54, 1.807) is 30.3 Å². The van der Waals surface area contributed by atoms with Crippen molar-refractivity contribution in [1.29, 1.82) is 0 Å². The summed E-state index contributed by atoms with van der Waals surface area (Å²) >= 11 is 0. The molecule has 168 valence electrons. The number of alkyl halides is 3. The van der Waals surface area contributed by atoms with Crippen LogP contribution in [-0.2, 0) is 0 Å². The summed E-state index contributed by atoms with van der Waals surface area (Å²) in [5.74, 6) is -0.894. The summed E-state index contributed by atoms with van der Waals surface area (Å²) in [6.07, 6.45) is 2.45. The van der Waals surface area contributed by atoms with Gasteiger partial charge in [-0.05, 0) is 62.4 Å². The van der Waals surface area contributed by atoms with Gasteiger partial charge in [0, 0.05) is 0 Å². The number of esters is 1. The van der Waals surface area contributed by atoms with E-state index in [2.05, 4.69) is 4.74 Å². The van der Waals surface area contributed by atoms with Gasteiger partial charge < -0.3 is 14.2 Å². The Kier molecular flexibility index (Phi) is 7.46. The number of hydrogen-bond donors (Lipinski definition) is 0. The molecule has 0 unspecified atom stereocenters. The van der Waals surface area contributed by atoms with Crippen LogP contribution in [0.4, 0.5) is 13.2 Å². The Balaban J connectivity index is 1.90. The Hall–Kier alpha value is -2.70. The number of para-hydroxylation sites is 1. The van der Waals surface area contributed by atoms with Gasteiger partial charge in [-0.1, -0.05) is 44.4 Å². The second kappa shape index (κ2) is 10.1. The van der Waals surface area contributed by atoms with Crippen molar-refractivity contribution in [1.82, 2.24) is 0 Å². The molecule has 0 atom stereocenters. The number of carbonyl (C=O) groups is 1. The molecule has 7 heteroatoms. The molecule has 1 saturated carbocycles. The highest BCUT2D eigenvalue weighted by Crippen LogP contribution is 2.40. The van der Waals surface area contributed by atoms with Gasteiger partial charge in [0.05, 0.1) is 5.56 Å². The second-order valence-electron chi connectivity index (χ2n) is 7.82. The van der Waals surface area contributed by atoms with Gasteiger partial charge in [0.2, 0.25) is 0 Å². The number of hydrogen-bond acceptors (Lipinski definition) is 4. The molecule has 31 heavy (non-hydrogen) atoms. The molecule has 3 rings (SSSR count). The zero-order valence-electron chi connectivity index (χ0n) is 17.5. The summed E-state index contributed by atoms with van der Waals surface area (Å²) in [6, 6.07) is 12.1. The van der Waals surface area contributed by atoms with Crippen molar-refractivity contribution in [3.05, 3.63) is 54.1 Å². The van der Waals surface area contributed by atoms with Crippen LogP contribution in [0.25, 0.3) is 0 Å². The minimum atomic E-state index is -4.87. The first kappa shape index (κ1) is 23.0. The quantitative estimate of drug-likeness (QED) is 0.359. The summed E-state index contributed by atoms with van der Waals surface area (Å²) in [4.78, 5) is 12.6. The van der Waals surface area contributed by atoms with Crippen LogP contribution in [0.15, 0.2) is 48.5 Å². The Morgan fingerprint density at radius 2 is 1.58 bits per heavy atom. The zero-order valence-corrected chi connectivity index (χ0v) is 17.5. The Morgan fingerprint density at radius 1 is 0.935 bits per heavy atom. The van der Waals surface area contributed by atoms with Crippen LogP contribution in [0.5, 0.6) is 17.2 Å². The third-order valence-electron chi connectivity index (χ3n) is 5.59. The van der Waals surface area contributed by atoms with E-state index in [4.69, 9.17) is 9.47 Å². The molecule has 0 amide bonds. The van der Waals surface area contributed by atoms with Crippen LogP contribution in [0.2, 0.25) is 0 Å². The first-order valence-electron chi connectivity index (χ1n) is 10.7. The van der Waals surface area contributed by atoms with Crippen molar-refractivity contribution >= 4 is 5.97 Å². The SMILES string of the molecule is CCC1(Oc2cc(C(=O)Oc3ccccc3)ccc2OC(F)(F)F)CCCCCCC1. The minimum absolute atomic E-state index is 0.0884. The lowest BCUT2D eigenvalue weighted by molar-refractivity contribution is -0.275. The molecule has 0 N–H and O–H groups in total. The normalized spacial score (nSPS) is 16.6. The first-order valence-corrected chi connectivity index (χ1v) is 10.7. The maximum atomic E-state index is 13.0. The number of ether oxygens (including phenoxy) is 3. The van der Waals surface area contributed by atoms with Crippen molar-refractivity contribution < 1.29 is 32.2 Å². The highest BCUT2D eigenvalue weighted by molar-refractivity contribution is 5.91. The summed E-state index contributed by atoms with van der Waals surface area (Å²) < 4.78 is 54.6. The van der Waals surface area contributed by atoms with Gasteiger partial charge in [0.15, 0.2) is 11.5 Å². The number of carbonyl (C=O) groups excluding carboxylic acids is 1. The van der Waals surface area contributed by atoms with Crippen molar-refractivity contribution in [3.8, 4) is 17.2 Å². The standard InChI is InChI=1S/C24H27F3O4/c1-2-23(15-9-4-3-5-10-16-23)30-21-17-18(13-14-20(21)31-24(25,26)27)22(28)29-19-11-7-6-8-12-19/h6-8,11-14,17H,2-5,9-10,15-16H2,1H3. The van der Waals surface area contributed by atoms with Crippen molar-refractivity contribution in [2.24, 2.45) is 0 Å². The van der Waals surface area contributed by atoms with Gasteiger partial charge in [-0.15, -0.1) is 13.2 Å². The van der Waals surface area contributed by atoms with Crippen LogP contribution in [-0.4, -0.2) is 17.9 Å². The highest BCUT2D eigenvalue weighted by atomic mass is 19.4. The molecule has 2 aromatic carbocycles. The summed E-state index contributed by atoms with van der Waals surface area (Å²) in [6.45, 7) is 1.97. The van der Waals surface area contributed by atoms with Crippen LogP contribution >= 0.6 is 0 Å². The predicted octanol–water partition coefficient (Wildman–Crippen LogP) is 7.08. The molecule has 0 saturated heterocycles. The van der Waals surface area contributed by atoms with E-state index in [1.165, 1.54) is 12.1 Å². The van der Waals surface area contributed by atoms with E-state index in [1.807, 2.05) is 6.92 Å². The Morgan fingerprint density at radius 3 is 2.19 bits per heavy atom. The second-order valence-corrected chi connectivity index (χ2v) is 7.82. The molecule has 2 aromatic rings. The van der Waals surface area contributed by atoms with Gasteiger partial charge in [-0.3, -0.25) is 0 Å². The van der Waals surface area contributed by atoms with Gasteiger partial charge in [0.1, 0.15) is 11.4 Å². The molecule has 1 fully saturated rings. The molecule has 0 bridgehead atoms. The number of halogens is 3. The molecule has 0 aromatic heterocycles. The fraction of sp³-hybridized carbons (Fsp3) is 0.458. The third-order valence-corrected chi connectivity index (χ3v) is 5.59. The number of rotatable bonds is 6. The van der Waals surface area contributed by atoms with Crippen LogP contribution < -0.4 is 14.2 Å². The van der Waals surface area contributed by atoms with Gasteiger partial charge in [-0.25, -0.2) is 4.79 Å². The van der Waals surface area contributed by atoms with Gasteiger partial charge in [0.25, 0.3) is 0 Å². The van der Waals surface area contributed by atoms with E-state index < -0.39 is 23.7 Å². The predicted molar refractivity (Wildman–Crippen MR) is 110 cm³/mol. The topological polar surface area (TPSA) is 44.8 Å². The summed E-state index contributed by atoms with van der Waals surface area (Å²) in [7, 11) is 0. The van der Waals surface area contributed by atoms with Crippen LogP contribution in [0, 0.1) is 0 Å². The third kappa shape index (κ3) is 6.64. The summed E-state index contributed by atoms with van der Waals surface area (Å²) in [5, 5.41) is 0. The average molecular weight is 436 g/mol. The maximum absolute atomic E-state index is 13.0. The highest BCUT2D eigenvalue weighted by Gasteiger charge is 2.36. The van der Waals surface area contributed by atoms with Crippen LogP contribution in [0.3, 0.4) is 0 Å². The molecular formula is C24H27F3O4. The van der Waals surface area contributed by atoms with Crippen LogP contribution in [0.1, 0.15) is 68.6 Å². The lowest BCUT2D eigenvalue weighted by atomic mass is 9.85. The minimum Gasteiger partial charge on any atom is -0.483 e. The largest absolute Gasteiger partial charge is 0.573 e. The molecule has 0 radical (unpaired) electrons. The van der Waals surface area contributed by atoms with E-state index in [-0.39, 0.29) is 11.3 Å². The molecule has 0 aliphatic heterocycles. The van der Waals surface area contributed by atoms with Crippen molar-refractivity contribution in [3.63, 3.8) is 0 Å². The molecule has 1 aliphatic carbocycles. The molecule has 1 aliphatic rings. The van der Waals surface area contributed by atoms with Gasteiger partial charge in [-0.2, -0.15) is 0 Å². The monoisotopic (exact) mass is 436 g/mol. The smallest absolute Gasteiger partial charge is 0.483 e. The molecule has 0 heterocycles. The molecule has 0 spiro atoms. The zero-order chi connectivity index (χ0) is 22.3. The first-order chi connectivity index (χ1) is 14.8. The average Bonchev–Trinajstić information content (AvgIpc) is 2.71. The van der Waals surface area contributed by atoms with E-state index in [9.17, 15) is 18.0 Å². The number of benzene rings is 2. The lowest BCUT2D eigenvalue weighted by Crippen LogP contribution is -2.36. The van der Waals surface area contributed by atoms with Gasteiger partial charge >= 0.3 is 12.3 Å². The lowest BCUT2D eigenvalue weighted by Gasteiger charge is -2.36. The Bertz CT molecular complexity index is 857. The van der Waals surface area contributed by atoms with Crippen molar-refractivity contribution in [2.45, 2.75) is 70.3 Å². The maximum Gasteiger partial charge on any atom is 0.573 e. The summed E-state index contributed by atoms with van der Waals surface area (Å²) in [5.41, 5.74) is -0.503. The molecular weight excluding hydrogens is 409 g/mol. The molecule has 4 nitrogen and oxygen atoms in total. The van der Waals surface area contributed by atoms with Crippen molar-refractivity contribution in [2.75, 3.05) is 0 Å². The van der Waals surface area contributed by atoms with E-state index in [0.29, 0.717) is 12.2 Å². The fourth-order valence-electron chi connectivity index (χ4n) is 3.89. The van der Waals surface area contributed by atoms with E-state index in [0.717, 1.165) is 51.0 Å². The van der Waals surface area contributed by atoms with E-state index >= 15 is 0 Å². The Labute approximate surface area is 180 Å². The fourth-order valence-corrected chi connectivity index (χ4v) is 3.89.